The van der Waals surface area contributed by atoms with Crippen LogP contribution in [0, 0.1) is 6.92 Å². The molecular weight excluding hydrogens is 208 g/mol. The highest BCUT2D eigenvalue weighted by Crippen LogP contribution is 2.19. The minimum atomic E-state index is 0.803. The molecule has 0 atom stereocenters. The molecule has 3 aromatic rings. The fraction of sp³-hybridized carbons (Fsp3) is 0.0667. The Balaban J connectivity index is 2.17. The van der Waals surface area contributed by atoms with E-state index in [1.807, 2.05) is 37.4 Å². The Hall–Kier alpha value is -2.22. The molecule has 0 radical (unpaired) electrons. The quantitative estimate of drug-likeness (QED) is 0.626. The fourth-order valence-corrected chi connectivity index (χ4v) is 1.89. The van der Waals surface area contributed by atoms with E-state index in [2.05, 4.69) is 34.2 Å². The van der Waals surface area contributed by atoms with Gasteiger partial charge in [0.1, 0.15) is 0 Å². The van der Waals surface area contributed by atoms with E-state index in [0.717, 1.165) is 27.9 Å². The molecule has 0 aliphatic carbocycles. The molecule has 3 rings (SSSR count). The minimum absolute atomic E-state index is 0.803. The van der Waals surface area contributed by atoms with Gasteiger partial charge < -0.3 is 0 Å². The van der Waals surface area contributed by atoms with Gasteiger partial charge in [0.05, 0.1) is 5.69 Å². The van der Waals surface area contributed by atoms with E-state index in [4.69, 9.17) is 0 Å². The topological polar surface area (TPSA) is 25.8 Å². The normalized spacial score (nSPS) is 10.6. The van der Waals surface area contributed by atoms with Crippen LogP contribution in [0.5, 0.6) is 0 Å². The van der Waals surface area contributed by atoms with E-state index in [-0.39, 0.29) is 0 Å². The fourth-order valence-electron chi connectivity index (χ4n) is 1.89. The Morgan fingerprint density at radius 2 is 1.76 bits per heavy atom. The number of aryl methyl sites for hydroxylation is 1. The van der Waals surface area contributed by atoms with E-state index >= 15 is 0 Å². The highest BCUT2D eigenvalue weighted by atomic mass is 14.8. The molecule has 1 aromatic carbocycles. The van der Waals surface area contributed by atoms with Crippen molar-refractivity contribution in [1.29, 1.82) is 0 Å². The van der Waals surface area contributed by atoms with E-state index in [1.54, 1.807) is 0 Å². The van der Waals surface area contributed by atoms with E-state index < -0.39 is 0 Å². The zero-order chi connectivity index (χ0) is 11.7. The van der Waals surface area contributed by atoms with Crippen molar-refractivity contribution in [3.05, 3.63) is 60.3 Å². The first-order valence-electron chi connectivity index (χ1n) is 5.62. The highest BCUT2D eigenvalue weighted by molar-refractivity contribution is 5.78. The second-order valence-electron chi connectivity index (χ2n) is 4.12. The SMILES string of the molecule is Cc1cnc2nc(-c3ccccc3)ccc2c1. The Bertz CT molecular complexity index is 660. The molecule has 2 nitrogen and oxygen atoms in total. The second-order valence-corrected chi connectivity index (χ2v) is 4.12. The Kier molecular flexibility index (Phi) is 2.33. The Morgan fingerprint density at radius 1 is 0.941 bits per heavy atom. The standard InChI is InChI=1S/C15H12N2/c1-11-9-13-7-8-14(17-15(13)16-10-11)12-5-3-2-4-6-12/h2-10H,1H3. The molecule has 0 N–H and O–H groups in total. The molecule has 0 fully saturated rings. The zero-order valence-electron chi connectivity index (χ0n) is 9.59. The lowest BCUT2D eigenvalue weighted by molar-refractivity contribution is 1.26. The number of hydrogen-bond donors (Lipinski definition) is 0. The summed E-state index contributed by atoms with van der Waals surface area (Å²) in [5.74, 6) is 0. The molecular formula is C15H12N2. The minimum Gasteiger partial charge on any atom is -0.236 e. The summed E-state index contributed by atoms with van der Waals surface area (Å²) in [6.07, 6.45) is 1.85. The number of nitrogens with zero attached hydrogens (tertiary/aromatic N) is 2. The van der Waals surface area contributed by atoms with Crippen LogP contribution in [0.1, 0.15) is 5.56 Å². The Labute approximate surface area is 100.0 Å². The average Bonchev–Trinajstić information content (AvgIpc) is 2.39. The zero-order valence-corrected chi connectivity index (χ0v) is 9.59. The van der Waals surface area contributed by atoms with Gasteiger partial charge in [0.25, 0.3) is 0 Å². The van der Waals surface area contributed by atoms with Crippen LogP contribution in [0.15, 0.2) is 54.7 Å². The summed E-state index contributed by atoms with van der Waals surface area (Å²) in [7, 11) is 0. The van der Waals surface area contributed by atoms with Crippen molar-refractivity contribution in [3.8, 4) is 11.3 Å². The molecule has 82 valence electrons. The van der Waals surface area contributed by atoms with Crippen LogP contribution in [-0.2, 0) is 0 Å². The molecule has 0 saturated heterocycles. The van der Waals surface area contributed by atoms with Crippen molar-refractivity contribution >= 4 is 11.0 Å². The number of hydrogen-bond acceptors (Lipinski definition) is 2. The van der Waals surface area contributed by atoms with Gasteiger partial charge >= 0.3 is 0 Å². The first-order chi connectivity index (χ1) is 8.33. The molecule has 0 saturated carbocycles. The predicted molar refractivity (Wildman–Crippen MR) is 69.7 cm³/mol. The molecule has 0 aliphatic rings. The average molecular weight is 220 g/mol. The lowest BCUT2D eigenvalue weighted by Gasteiger charge is -2.03. The number of fused-ring (bicyclic) bond motifs is 1. The maximum atomic E-state index is 4.58. The Morgan fingerprint density at radius 3 is 2.59 bits per heavy atom. The van der Waals surface area contributed by atoms with Crippen molar-refractivity contribution in [3.63, 3.8) is 0 Å². The van der Waals surface area contributed by atoms with Crippen molar-refractivity contribution in [2.75, 3.05) is 0 Å². The molecule has 0 aliphatic heterocycles. The summed E-state index contributed by atoms with van der Waals surface area (Å²) in [6, 6.07) is 16.4. The van der Waals surface area contributed by atoms with Crippen LogP contribution in [0.3, 0.4) is 0 Å². The number of aromatic nitrogens is 2. The van der Waals surface area contributed by atoms with Gasteiger partial charge in [-0.25, -0.2) is 9.97 Å². The second kappa shape index (κ2) is 3.98. The van der Waals surface area contributed by atoms with Gasteiger partial charge in [-0.15, -0.1) is 0 Å². The third-order valence-electron chi connectivity index (χ3n) is 2.75. The van der Waals surface area contributed by atoms with Gasteiger partial charge in [-0.2, -0.15) is 0 Å². The van der Waals surface area contributed by atoms with Crippen LogP contribution in [0.25, 0.3) is 22.3 Å². The molecule has 0 amide bonds. The predicted octanol–water partition coefficient (Wildman–Crippen LogP) is 3.61. The van der Waals surface area contributed by atoms with E-state index in [9.17, 15) is 0 Å². The van der Waals surface area contributed by atoms with Gasteiger partial charge in [0.15, 0.2) is 5.65 Å². The van der Waals surface area contributed by atoms with Crippen molar-refractivity contribution < 1.29 is 0 Å². The smallest absolute Gasteiger partial charge is 0.159 e. The van der Waals surface area contributed by atoms with Gasteiger partial charge in [-0.1, -0.05) is 30.3 Å². The molecule has 2 aromatic heterocycles. The largest absolute Gasteiger partial charge is 0.236 e. The van der Waals surface area contributed by atoms with Gasteiger partial charge in [-0.3, -0.25) is 0 Å². The summed E-state index contributed by atoms with van der Waals surface area (Å²) in [6.45, 7) is 2.04. The van der Waals surface area contributed by atoms with Gasteiger partial charge in [0, 0.05) is 17.1 Å². The van der Waals surface area contributed by atoms with Crippen molar-refractivity contribution in [1.82, 2.24) is 9.97 Å². The lowest BCUT2D eigenvalue weighted by Crippen LogP contribution is -1.88. The van der Waals surface area contributed by atoms with Crippen LogP contribution >= 0.6 is 0 Å². The van der Waals surface area contributed by atoms with Crippen LogP contribution in [0.2, 0.25) is 0 Å². The third-order valence-corrected chi connectivity index (χ3v) is 2.75. The lowest BCUT2D eigenvalue weighted by atomic mass is 10.1. The van der Waals surface area contributed by atoms with Crippen LogP contribution in [0.4, 0.5) is 0 Å². The summed E-state index contributed by atoms with van der Waals surface area (Å²) in [5, 5.41) is 1.09. The molecule has 0 bridgehead atoms. The molecule has 2 heterocycles. The maximum Gasteiger partial charge on any atom is 0.159 e. The van der Waals surface area contributed by atoms with Crippen molar-refractivity contribution in [2.24, 2.45) is 0 Å². The first kappa shape index (κ1) is 9.97. The highest BCUT2D eigenvalue weighted by Gasteiger charge is 2.01. The number of rotatable bonds is 1. The van der Waals surface area contributed by atoms with Crippen LogP contribution < -0.4 is 0 Å². The summed E-state index contributed by atoms with van der Waals surface area (Å²) < 4.78 is 0. The summed E-state index contributed by atoms with van der Waals surface area (Å²) in [5.41, 5.74) is 4.05. The van der Waals surface area contributed by atoms with E-state index in [0.29, 0.717) is 0 Å². The van der Waals surface area contributed by atoms with Crippen LogP contribution in [-0.4, -0.2) is 9.97 Å². The van der Waals surface area contributed by atoms with Gasteiger partial charge in [-0.05, 0) is 30.7 Å². The molecule has 0 spiro atoms. The number of benzene rings is 1. The van der Waals surface area contributed by atoms with Gasteiger partial charge in [0.2, 0.25) is 0 Å². The molecule has 2 heteroatoms. The maximum absolute atomic E-state index is 4.58. The third kappa shape index (κ3) is 1.89. The molecule has 0 unspecified atom stereocenters. The molecule has 17 heavy (non-hydrogen) atoms. The van der Waals surface area contributed by atoms with Crippen molar-refractivity contribution in [2.45, 2.75) is 6.92 Å². The summed E-state index contributed by atoms with van der Waals surface area (Å²) in [4.78, 5) is 8.93. The number of pyridine rings is 2. The monoisotopic (exact) mass is 220 g/mol. The first-order valence-corrected chi connectivity index (χ1v) is 5.62. The van der Waals surface area contributed by atoms with E-state index in [1.165, 1.54) is 0 Å². The summed E-state index contributed by atoms with van der Waals surface area (Å²) >= 11 is 0.